The standard InChI is InChI=1S/C18H19N5OS/c1-4-6-16-12(2)22-23(13(16)3)18-21-15(11-25-18)9-17(24)20-14-7-5-8-19-10-14/h4-5,7-8,10-11H,1,6,9H2,2-3H3,(H,20,24). The number of hydrogen-bond acceptors (Lipinski definition) is 5. The summed E-state index contributed by atoms with van der Waals surface area (Å²) in [6, 6.07) is 3.58. The molecule has 0 aromatic carbocycles. The van der Waals surface area contributed by atoms with Crippen LogP contribution < -0.4 is 5.32 Å². The number of aromatic nitrogens is 4. The highest BCUT2D eigenvalue weighted by Crippen LogP contribution is 2.21. The summed E-state index contributed by atoms with van der Waals surface area (Å²) in [6.07, 6.45) is 6.14. The monoisotopic (exact) mass is 353 g/mol. The predicted octanol–water partition coefficient (Wildman–Crippen LogP) is 3.25. The predicted molar refractivity (Wildman–Crippen MR) is 99.2 cm³/mol. The molecular formula is C18H19N5OS. The highest BCUT2D eigenvalue weighted by molar-refractivity contribution is 7.12. The van der Waals surface area contributed by atoms with E-state index in [-0.39, 0.29) is 12.3 Å². The number of hydrogen-bond donors (Lipinski definition) is 1. The van der Waals surface area contributed by atoms with E-state index in [1.165, 1.54) is 16.9 Å². The van der Waals surface area contributed by atoms with Crippen LogP contribution in [-0.4, -0.2) is 25.7 Å². The van der Waals surface area contributed by atoms with Crippen molar-refractivity contribution in [2.75, 3.05) is 5.32 Å². The number of carbonyl (C=O) groups is 1. The van der Waals surface area contributed by atoms with Gasteiger partial charge in [-0.05, 0) is 32.4 Å². The van der Waals surface area contributed by atoms with Gasteiger partial charge in [-0.3, -0.25) is 9.78 Å². The number of nitrogens with zero attached hydrogens (tertiary/aromatic N) is 4. The Balaban J connectivity index is 1.73. The molecule has 128 valence electrons. The molecule has 0 fully saturated rings. The number of aryl methyl sites for hydroxylation is 1. The topological polar surface area (TPSA) is 72.7 Å². The van der Waals surface area contributed by atoms with Crippen LogP contribution in [0.2, 0.25) is 0 Å². The Kier molecular flexibility index (Phi) is 5.04. The van der Waals surface area contributed by atoms with Crippen molar-refractivity contribution in [1.29, 1.82) is 0 Å². The van der Waals surface area contributed by atoms with Gasteiger partial charge in [0.1, 0.15) is 0 Å². The van der Waals surface area contributed by atoms with Crippen LogP contribution in [0.1, 0.15) is 22.6 Å². The lowest BCUT2D eigenvalue weighted by Gasteiger charge is -2.03. The molecule has 3 aromatic rings. The number of thiazole rings is 1. The Morgan fingerprint density at radius 3 is 3.00 bits per heavy atom. The first-order valence-electron chi connectivity index (χ1n) is 7.89. The molecule has 3 heterocycles. The molecule has 0 bridgehead atoms. The van der Waals surface area contributed by atoms with Crippen molar-refractivity contribution in [3.8, 4) is 5.13 Å². The molecular weight excluding hydrogens is 334 g/mol. The van der Waals surface area contributed by atoms with E-state index >= 15 is 0 Å². The molecule has 0 aliphatic carbocycles. The lowest BCUT2D eigenvalue weighted by Crippen LogP contribution is -2.14. The Morgan fingerprint density at radius 1 is 1.44 bits per heavy atom. The van der Waals surface area contributed by atoms with Gasteiger partial charge >= 0.3 is 0 Å². The van der Waals surface area contributed by atoms with Gasteiger partial charge in [0.25, 0.3) is 0 Å². The highest BCUT2D eigenvalue weighted by atomic mass is 32.1. The Labute approximate surface area is 150 Å². The number of carbonyl (C=O) groups excluding carboxylic acids is 1. The van der Waals surface area contributed by atoms with E-state index < -0.39 is 0 Å². The van der Waals surface area contributed by atoms with E-state index in [9.17, 15) is 4.79 Å². The zero-order chi connectivity index (χ0) is 17.8. The van der Waals surface area contributed by atoms with Crippen LogP contribution in [0.4, 0.5) is 5.69 Å². The van der Waals surface area contributed by atoms with Gasteiger partial charge in [0.15, 0.2) is 0 Å². The molecule has 0 saturated carbocycles. The average Bonchev–Trinajstić information content (AvgIpc) is 3.15. The third-order valence-corrected chi connectivity index (χ3v) is 4.66. The van der Waals surface area contributed by atoms with Crippen molar-refractivity contribution < 1.29 is 4.79 Å². The van der Waals surface area contributed by atoms with Crippen LogP contribution in [-0.2, 0) is 17.6 Å². The van der Waals surface area contributed by atoms with Gasteiger partial charge in [-0.15, -0.1) is 17.9 Å². The summed E-state index contributed by atoms with van der Waals surface area (Å²) in [5.74, 6) is -0.120. The molecule has 6 nitrogen and oxygen atoms in total. The van der Waals surface area contributed by atoms with Gasteiger partial charge in [0, 0.05) is 22.8 Å². The van der Waals surface area contributed by atoms with Crippen molar-refractivity contribution in [2.24, 2.45) is 0 Å². The lowest BCUT2D eigenvalue weighted by atomic mass is 10.1. The molecule has 0 aliphatic rings. The summed E-state index contributed by atoms with van der Waals surface area (Å²) < 4.78 is 1.83. The van der Waals surface area contributed by atoms with E-state index in [0.717, 1.165) is 28.6 Å². The molecule has 0 unspecified atom stereocenters. The molecule has 25 heavy (non-hydrogen) atoms. The summed E-state index contributed by atoms with van der Waals surface area (Å²) >= 11 is 1.48. The smallest absolute Gasteiger partial charge is 0.230 e. The van der Waals surface area contributed by atoms with Crippen LogP contribution >= 0.6 is 11.3 Å². The van der Waals surface area contributed by atoms with Crippen molar-refractivity contribution in [2.45, 2.75) is 26.7 Å². The summed E-state index contributed by atoms with van der Waals surface area (Å²) in [4.78, 5) is 20.7. The molecule has 0 saturated heterocycles. The van der Waals surface area contributed by atoms with Crippen LogP contribution in [0.25, 0.3) is 5.13 Å². The van der Waals surface area contributed by atoms with Gasteiger partial charge < -0.3 is 5.32 Å². The minimum absolute atomic E-state index is 0.120. The number of nitrogens with one attached hydrogen (secondary N) is 1. The molecule has 7 heteroatoms. The minimum atomic E-state index is -0.120. The fourth-order valence-electron chi connectivity index (χ4n) is 2.58. The maximum absolute atomic E-state index is 12.1. The summed E-state index contributed by atoms with van der Waals surface area (Å²) in [7, 11) is 0. The van der Waals surface area contributed by atoms with Crippen molar-refractivity contribution in [3.05, 3.63) is 65.2 Å². The van der Waals surface area contributed by atoms with Crippen LogP contribution in [0, 0.1) is 13.8 Å². The maximum atomic E-state index is 12.1. The second kappa shape index (κ2) is 7.40. The van der Waals surface area contributed by atoms with Crippen molar-refractivity contribution in [1.82, 2.24) is 19.7 Å². The Morgan fingerprint density at radius 2 is 2.28 bits per heavy atom. The fraction of sp³-hybridized carbons (Fsp3) is 0.222. The highest BCUT2D eigenvalue weighted by Gasteiger charge is 2.15. The van der Waals surface area contributed by atoms with Crippen molar-refractivity contribution >= 4 is 22.9 Å². The summed E-state index contributed by atoms with van der Waals surface area (Å²) in [5, 5.41) is 10.0. The Hall–Kier alpha value is -2.80. The van der Waals surface area contributed by atoms with E-state index in [2.05, 4.69) is 27.0 Å². The van der Waals surface area contributed by atoms with Crippen LogP contribution in [0.15, 0.2) is 42.6 Å². The summed E-state index contributed by atoms with van der Waals surface area (Å²) in [5.41, 5.74) is 4.59. The van der Waals surface area contributed by atoms with Crippen LogP contribution in [0.3, 0.4) is 0 Å². The molecule has 0 radical (unpaired) electrons. The molecule has 1 amide bonds. The molecule has 1 N–H and O–H groups in total. The zero-order valence-electron chi connectivity index (χ0n) is 14.2. The number of amides is 1. The number of allylic oxidation sites excluding steroid dienone is 1. The van der Waals surface area contributed by atoms with E-state index in [1.54, 1.807) is 24.5 Å². The number of rotatable bonds is 6. The maximum Gasteiger partial charge on any atom is 0.230 e. The first-order chi connectivity index (χ1) is 12.1. The number of anilines is 1. The van der Waals surface area contributed by atoms with E-state index in [4.69, 9.17) is 0 Å². The molecule has 0 aliphatic heterocycles. The first-order valence-corrected chi connectivity index (χ1v) is 8.77. The first kappa shape index (κ1) is 17.0. The van der Waals surface area contributed by atoms with Gasteiger partial charge in [0.2, 0.25) is 11.0 Å². The van der Waals surface area contributed by atoms with Gasteiger partial charge in [-0.25, -0.2) is 9.67 Å². The molecule has 0 atom stereocenters. The van der Waals surface area contributed by atoms with Crippen LogP contribution in [0.5, 0.6) is 0 Å². The fourth-order valence-corrected chi connectivity index (χ4v) is 3.41. The molecule has 0 spiro atoms. The van der Waals surface area contributed by atoms with Gasteiger partial charge in [-0.1, -0.05) is 6.08 Å². The summed E-state index contributed by atoms with van der Waals surface area (Å²) in [6.45, 7) is 7.80. The zero-order valence-corrected chi connectivity index (χ0v) is 15.0. The SMILES string of the molecule is C=CCc1c(C)nn(-c2nc(CC(=O)Nc3cccnc3)cs2)c1C. The van der Waals surface area contributed by atoms with E-state index in [0.29, 0.717) is 5.69 Å². The molecule has 3 aromatic heterocycles. The van der Waals surface area contributed by atoms with E-state index in [1.807, 2.05) is 30.0 Å². The third kappa shape index (κ3) is 3.83. The average molecular weight is 353 g/mol. The van der Waals surface area contributed by atoms with Gasteiger partial charge in [-0.2, -0.15) is 5.10 Å². The third-order valence-electron chi connectivity index (χ3n) is 3.80. The lowest BCUT2D eigenvalue weighted by molar-refractivity contribution is -0.115. The largest absolute Gasteiger partial charge is 0.324 e. The molecule has 3 rings (SSSR count). The normalized spacial score (nSPS) is 10.6. The van der Waals surface area contributed by atoms with Crippen molar-refractivity contribution in [3.63, 3.8) is 0 Å². The second-order valence-electron chi connectivity index (χ2n) is 5.64. The minimum Gasteiger partial charge on any atom is -0.324 e. The van der Waals surface area contributed by atoms with Gasteiger partial charge in [0.05, 0.1) is 29.7 Å². The Bertz CT molecular complexity index is 898. The number of pyridine rings is 1. The second-order valence-corrected chi connectivity index (χ2v) is 6.48. The quantitative estimate of drug-likeness (QED) is 0.691.